The van der Waals surface area contributed by atoms with E-state index in [1.165, 1.54) is 0 Å². The smallest absolute Gasteiger partial charge is 0.349 e. The molecule has 3 nitrogen and oxygen atoms in total. The number of ether oxygens (including phenoxy) is 1. The lowest BCUT2D eigenvalue weighted by Crippen LogP contribution is -2.11. The van der Waals surface area contributed by atoms with E-state index in [9.17, 15) is 4.79 Å². The van der Waals surface area contributed by atoms with Crippen molar-refractivity contribution in [2.75, 3.05) is 6.61 Å². The van der Waals surface area contributed by atoms with Crippen LogP contribution in [-0.2, 0) is 9.53 Å². The molecule has 1 aliphatic heterocycles. The van der Waals surface area contributed by atoms with Gasteiger partial charge in [0.1, 0.15) is 18.2 Å². The van der Waals surface area contributed by atoms with Crippen LogP contribution in [0.1, 0.15) is 20.8 Å². The Hall–Kier alpha value is -1.30. The van der Waals surface area contributed by atoms with Crippen LogP contribution in [0.15, 0.2) is 11.1 Å². The van der Waals surface area contributed by atoms with Gasteiger partial charge in [-0.1, -0.05) is 20.8 Å². The Labute approximate surface area is 71.6 Å². The maximum Gasteiger partial charge on any atom is 0.349 e. The minimum Gasteiger partial charge on any atom is -0.457 e. The van der Waals surface area contributed by atoms with Gasteiger partial charge in [0.15, 0.2) is 0 Å². The van der Waals surface area contributed by atoms with Crippen LogP contribution in [0.5, 0.6) is 0 Å². The van der Waals surface area contributed by atoms with Crippen LogP contribution in [0.3, 0.4) is 0 Å². The quantitative estimate of drug-likeness (QED) is 0.510. The second kappa shape index (κ2) is 2.63. The molecule has 1 heterocycles. The van der Waals surface area contributed by atoms with Crippen LogP contribution in [-0.4, -0.2) is 12.6 Å². The Morgan fingerprint density at radius 3 is 2.42 bits per heavy atom. The molecule has 0 spiro atoms. The van der Waals surface area contributed by atoms with Gasteiger partial charge in [-0.2, -0.15) is 5.26 Å². The second-order valence-corrected chi connectivity index (χ2v) is 3.79. The standard InChI is InChI=1S/C9H11NO2/c1-9(2,3)7-5-12-8(11)6(7)4-10/h5H2,1-3H3. The first-order chi connectivity index (χ1) is 5.46. The van der Waals surface area contributed by atoms with Crippen molar-refractivity contribution in [2.24, 2.45) is 5.41 Å². The molecule has 0 unspecified atom stereocenters. The molecule has 0 fully saturated rings. The third-order valence-electron chi connectivity index (χ3n) is 1.87. The summed E-state index contributed by atoms with van der Waals surface area (Å²) in [5.74, 6) is -0.484. The van der Waals surface area contributed by atoms with Gasteiger partial charge in [-0.15, -0.1) is 0 Å². The number of nitrogens with zero attached hydrogens (tertiary/aromatic N) is 1. The molecular weight excluding hydrogens is 154 g/mol. The van der Waals surface area contributed by atoms with E-state index >= 15 is 0 Å². The fourth-order valence-electron chi connectivity index (χ4n) is 1.11. The van der Waals surface area contributed by atoms with Crippen molar-refractivity contribution >= 4 is 5.97 Å². The fourth-order valence-corrected chi connectivity index (χ4v) is 1.11. The Morgan fingerprint density at radius 1 is 1.50 bits per heavy atom. The summed E-state index contributed by atoms with van der Waals surface area (Å²) in [5.41, 5.74) is 0.828. The highest BCUT2D eigenvalue weighted by Gasteiger charge is 2.31. The van der Waals surface area contributed by atoms with Gasteiger partial charge in [-0.05, 0) is 11.0 Å². The first-order valence-corrected chi connectivity index (χ1v) is 3.77. The Balaban J connectivity index is 3.13. The molecule has 12 heavy (non-hydrogen) atoms. The summed E-state index contributed by atoms with van der Waals surface area (Å²) in [6.07, 6.45) is 0. The summed E-state index contributed by atoms with van der Waals surface area (Å²) in [7, 11) is 0. The van der Waals surface area contributed by atoms with Crippen LogP contribution in [0.2, 0.25) is 0 Å². The maximum atomic E-state index is 11.0. The van der Waals surface area contributed by atoms with Crippen molar-refractivity contribution < 1.29 is 9.53 Å². The van der Waals surface area contributed by atoms with Crippen molar-refractivity contribution in [1.29, 1.82) is 5.26 Å². The van der Waals surface area contributed by atoms with E-state index in [0.29, 0.717) is 0 Å². The minimum absolute atomic E-state index is 0.156. The number of rotatable bonds is 0. The molecule has 0 saturated carbocycles. The van der Waals surface area contributed by atoms with Gasteiger partial charge in [0.2, 0.25) is 0 Å². The largest absolute Gasteiger partial charge is 0.457 e. The van der Waals surface area contributed by atoms with Crippen molar-refractivity contribution in [1.82, 2.24) is 0 Å². The second-order valence-electron chi connectivity index (χ2n) is 3.79. The predicted octanol–water partition coefficient (Wildman–Crippen LogP) is 1.41. The summed E-state index contributed by atoms with van der Waals surface area (Å²) in [5, 5.41) is 8.66. The van der Waals surface area contributed by atoms with Crippen molar-refractivity contribution in [3.63, 3.8) is 0 Å². The Morgan fingerprint density at radius 2 is 2.08 bits per heavy atom. The molecule has 0 aromatic carbocycles. The van der Waals surface area contributed by atoms with Gasteiger partial charge in [-0.3, -0.25) is 0 Å². The minimum atomic E-state index is -0.484. The Bertz CT molecular complexity index is 289. The summed E-state index contributed by atoms with van der Waals surface area (Å²) < 4.78 is 4.76. The molecule has 0 aromatic heterocycles. The molecule has 0 atom stereocenters. The molecule has 1 aliphatic rings. The van der Waals surface area contributed by atoms with Crippen LogP contribution in [0, 0.1) is 16.7 Å². The number of nitriles is 1. The van der Waals surface area contributed by atoms with Gasteiger partial charge in [0.25, 0.3) is 0 Å². The zero-order valence-corrected chi connectivity index (χ0v) is 7.47. The summed E-state index contributed by atoms with van der Waals surface area (Å²) in [6, 6.07) is 1.88. The lowest BCUT2D eigenvalue weighted by molar-refractivity contribution is -0.135. The third-order valence-corrected chi connectivity index (χ3v) is 1.87. The van der Waals surface area contributed by atoms with E-state index < -0.39 is 5.97 Å². The van der Waals surface area contributed by atoms with Crippen LogP contribution >= 0.6 is 0 Å². The average Bonchev–Trinajstić information content (AvgIpc) is 2.29. The number of carbonyl (C=O) groups excluding carboxylic acids is 1. The SMILES string of the molecule is CC(C)(C)C1=C(C#N)C(=O)OC1. The predicted molar refractivity (Wildman–Crippen MR) is 43.1 cm³/mol. The zero-order valence-electron chi connectivity index (χ0n) is 7.47. The summed E-state index contributed by atoms with van der Waals surface area (Å²) in [6.45, 7) is 6.15. The first-order valence-electron chi connectivity index (χ1n) is 3.77. The molecule has 0 N–H and O–H groups in total. The van der Waals surface area contributed by atoms with Gasteiger partial charge >= 0.3 is 5.97 Å². The number of cyclic esters (lactones) is 1. The zero-order chi connectivity index (χ0) is 9.35. The van der Waals surface area contributed by atoms with Gasteiger partial charge in [-0.25, -0.2) is 4.79 Å². The van der Waals surface area contributed by atoms with E-state index in [4.69, 9.17) is 10.00 Å². The molecule has 0 saturated heterocycles. The molecule has 3 heteroatoms. The molecule has 0 aromatic rings. The highest BCUT2D eigenvalue weighted by molar-refractivity contribution is 5.96. The fraction of sp³-hybridized carbons (Fsp3) is 0.556. The number of hydrogen-bond acceptors (Lipinski definition) is 3. The van der Waals surface area contributed by atoms with E-state index in [2.05, 4.69) is 0 Å². The summed E-state index contributed by atoms with van der Waals surface area (Å²) >= 11 is 0. The lowest BCUT2D eigenvalue weighted by Gasteiger charge is -2.18. The topological polar surface area (TPSA) is 50.1 Å². The van der Waals surface area contributed by atoms with Gasteiger partial charge < -0.3 is 4.74 Å². The number of carbonyl (C=O) groups is 1. The van der Waals surface area contributed by atoms with Crippen LogP contribution in [0.25, 0.3) is 0 Å². The van der Waals surface area contributed by atoms with E-state index in [1.807, 2.05) is 26.8 Å². The third kappa shape index (κ3) is 1.33. The Kier molecular flexibility index (Phi) is 1.93. The van der Waals surface area contributed by atoms with Gasteiger partial charge in [0, 0.05) is 0 Å². The molecular formula is C9H11NO2. The van der Waals surface area contributed by atoms with Crippen LogP contribution in [0.4, 0.5) is 0 Å². The molecule has 0 aliphatic carbocycles. The molecule has 0 radical (unpaired) electrons. The molecule has 64 valence electrons. The number of hydrogen-bond donors (Lipinski definition) is 0. The van der Waals surface area contributed by atoms with Crippen LogP contribution < -0.4 is 0 Å². The molecule has 1 rings (SSSR count). The van der Waals surface area contributed by atoms with E-state index in [0.717, 1.165) is 5.57 Å². The van der Waals surface area contributed by atoms with Crippen molar-refractivity contribution in [2.45, 2.75) is 20.8 Å². The van der Waals surface area contributed by atoms with E-state index in [-0.39, 0.29) is 17.6 Å². The highest BCUT2D eigenvalue weighted by Crippen LogP contribution is 2.32. The maximum absolute atomic E-state index is 11.0. The normalized spacial score (nSPS) is 17.7. The van der Waals surface area contributed by atoms with Crippen molar-refractivity contribution in [3.05, 3.63) is 11.1 Å². The molecule has 0 amide bonds. The molecule has 0 bridgehead atoms. The summed E-state index contributed by atoms with van der Waals surface area (Å²) in [4.78, 5) is 11.0. The number of esters is 1. The highest BCUT2D eigenvalue weighted by atomic mass is 16.5. The van der Waals surface area contributed by atoms with Gasteiger partial charge in [0.05, 0.1) is 0 Å². The average molecular weight is 165 g/mol. The van der Waals surface area contributed by atoms with E-state index in [1.54, 1.807) is 0 Å². The lowest BCUT2D eigenvalue weighted by atomic mass is 9.85. The monoisotopic (exact) mass is 165 g/mol. The first kappa shape index (κ1) is 8.79. The van der Waals surface area contributed by atoms with Crippen molar-refractivity contribution in [3.8, 4) is 6.07 Å².